The molecule has 0 spiro atoms. The lowest BCUT2D eigenvalue weighted by Crippen LogP contribution is -2.31. The fourth-order valence-electron chi connectivity index (χ4n) is 1.34. The van der Waals surface area contributed by atoms with E-state index in [9.17, 15) is 0 Å². The van der Waals surface area contributed by atoms with E-state index in [4.69, 9.17) is 17.3 Å². The molecule has 0 saturated heterocycles. The minimum absolute atomic E-state index is 0.0780. The van der Waals surface area contributed by atoms with Gasteiger partial charge < -0.3 is 15.7 Å². The zero-order valence-electron chi connectivity index (χ0n) is 9.00. The van der Waals surface area contributed by atoms with Gasteiger partial charge in [0.25, 0.3) is 0 Å². The molecule has 0 saturated carbocycles. The molecule has 15 heavy (non-hydrogen) atoms. The number of aryl methyl sites for hydroxylation is 2. The monoisotopic (exact) mass is 224 g/mol. The van der Waals surface area contributed by atoms with Crippen molar-refractivity contribution < 1.29 is 5.11 Å². The Hall–Kier alpha value is -1.13. The molecule has 1 rings (SSSR count). The Bertz CT molecular complexity index is 332. The summed E-state index contributed by atoms with van der Waals surface area (Å²) in [5, 5.41) is 15.2. The highest BCUT2D eigenvalue weighted by Crippen LogP contribution is 2.18. The average molecular weight is 224 g/mol. The minimum atomic E-state index is 0.0780. The van der Waals surface area contributed by atoms with Crippen molar-refractivity contribution in [1.29, 1.82) is 0 Å². The van der Waals surface area contributed by atoms with E-state index in [2.05, 4.69) is 10.6 Å². The summed E-state index contributed by atoms with van der Waals surface area (Å²) in [6.07, 6.45) is 0. The number of anilines is 1. The quantitative estimate of drug-likeness (QED) is 0.682. The summed E-state index contributed by atoms with van der Waals surface area (Å²) in [6.45, 7) is 4.61. The normalized spacial score (nSPS) is 9.80. The molecule has 1 aromatic rings. The van der Waals surface area contributed by atoms with Crippen LogP contribution in [0, 0.1) is 13.8 Å². The van der Waals surface area contributed by atoms with E-state index < -0.39 is 0 Å². The summed E-state index contributed by atoms with van der Waals surface area (Å²) in [4.78, 5) is 0. The van der Waals surface area contributed by atoms with Crippen LogP contribution in [-0.2, 0) is 0 Å². The van der Waals surface area contributed by atoms with E-state index >= 15 is 0 Å². The Morgan fingerprint density at radius 1 is 1.33 bits per heavy atom. The number of aliphatic hydroxyl groups is 1. The van der Waals surface area contributed by atoms with Gasteiger partial charge in [-0.1, -0.05) is 18.2 Å². The second-order valence-electron chi connectivity index (χ2n) is 3.37. The Balaban J connectivity index is 2.68. The fraction of sp³-hybridized carbons (Fsp3) is 0.364. The lowest BCUT2D eigenvalue weighted by atomic mass is 10.1. The van der Waals surface area contributed by atoms with E-state index in [0.29, 0.717) is 11.7 Å². The third kappa shape index (κ3) is 3.49. The number of hydrogen-bond donors (Lipinski definition) is 3. The Morgan fingerprint density at radius 2 is 1.93 bits per heavy atom. The summed E-state index contributed by atoms with van der Waals surface area (Å²) in [5.74, 6) is 0. The van der Waals surface area contributed by atoms with Gasteiger partial charge in [0.15, 0.2) is 5.11 Å². The second kappa shape index (κ2) is 5.68. The molecule has 0 radical (unpaired) electrons. The molecular weight excluding hydrogens is 208 g/mol. The van der Waals surface area contributed by atoms with Crippen LogP contribution in [0.1, 0.15) is 11.1 Å². The summed E-state index contributed by atoms with van der Waals surface area (Å²) in [6, 6.07) is 6.08. The van der Waals surface area contributed by atoms with Crippen LogP contribution in [0.4, 0.5) is 5.69 Å². The van der Waals surface area contributed by atoms with Crippen molar-refractivity contribution in [2.75, 3.05) is 18.5 Å². The molecule has 4 heteroatoms. The van der Waals surface area contributed by atoms with E-state index in [-0.39, 0.29) is 6.61 Å². The van der Waals surface area contributed by atoms with Crippen molar-refractivity contribution in [1.82, 2.24) is 5.32 Å². The molecule has 0 fully saturated rings. The predicted octanol–water partition coefficient (Wildman–Crippen LogP) is 1.58. The van der Waals surface area contributed by atoms with E-state index in [0.717, 1.165) is 16.8 Å². The van der Waals surface area contributed by atoms with E-state index in [1.807, 2.05) is 32.0 Å². The van der Waals surface area contributed by atoms with Gasteiger partial charge in [-0.15, -0.1) is 0 Å². The van der Waals surface area contributed by atoms with E-state index in [1.165, 1.54) is 0 Å². The maximum Gasteiger partial charge on any atom is 0.170 e. The molecule has 0 atom stereocenters. The van der Waals surface area contributed by atoms with E-state index in [1.54, 1.807) is 0 Å². The molecule has 0 heterocycles. The first-order valence-corrected chi connectivity index (χ1v) is 5.28. The molecule has 0 aliphatic carbocycles. The Labute approximate surface area is 95.5 Å². The molecule has 3 N–H and O–H groups in total. The Morgan fingerprint density at radius 3 is 2.47 bits per heavy atom. The van der Waals surface area contributed by atoms with Gasteiger partial charge in [-0.05, 0) is 37.2 Å². The fourth-order valence-corrected chi connectivity index (χ4v) is 1.54. The third-order valence-electron chi connectivity index (χ3n) is 2.12. The van der Waals surface area contributed by atoms with Crippen LogP contribution in [0.2, 0.25) is 0 Å². The maximum atomic E-state index is 8.64. The first-order valence-electron chi connectivity index (χ1n) is 4.87. The lowest BCUT2D eigenvalue weighted by Gasteiger charge is -2.13. The number of aliphatic hydroxyl groups excluding tert-OH is 1. The standard InChI is InChI=1S/C11H16N2OS/c1-8-4-3-5-9(2)10(8)13-11(15)12-6-7-14/h3-5,14H,6-7H2,1-2H3,(H2,12,13,15). The molecule has 0 unspecified atom stereocenters. The first kappa shape index (κ1) is 11.9. The van der Waals surface area contributed by atoms with Crippen LogP contribution in [0.5, 0.6) is 0 Å². The topological polar surface area (TPSA) is 44.3 Å². The lowest BCUT2D eigenvalue weighted by molar-refractivity contribution is 0.301. The number of rotatable bonds is 3. The highest BCUT2D eigenvalue weighted by Gasteiger charge is 2.03. The maximum absolute atomic E-state index is 8.64. The predicted molar refractivity (Wildman–Crippen MR) is 67.2 cm³/mol. The van der Waals surface area contributed by atoms with Gasteiger partial charge in [-0.25, -0.2) is 0 Å². The third-order valence-corrected chi connectivity index (χ3v) is 2.36. The van der Waals surface area contributed by atoms with Crippen LogP contribution < -0.4 is 10.6 Å². The smallest absolute Gasteiger partial charge is 0.170 e. The average Bonchev–Trinajstić information content (AvgIpc) is 2.21. The molecule has 0 amide bonds. The zero-order valence-corrected chi connectivity index (χ0v) is 9.82. The van der Waals surface area contributed by atoms with Gasteiger partial charge in [0.1, 0.15) is 0 Å². The van der Waals surface area contributed by atoms with Gasteiger partial charge in [0.05, 0.1) is 6.61 Å². The first-order chi connectivity index (χ1) is 7.15. The molecule has 1 aromatic carbocycles. The summed E-state index contributed by atoms with van der Waals surface area (Å²) in [7, 11) is 0. The molecule has 0 aliphatic rings. The molecule has 0 aliphatic heterocycles. The van der Waals surface area contributed by atoms with Gasteiger partial charge >= 0.3 is 0 Å². The highest BCUT2D eigenvalue weighted by atomic mass is 32.1. The summed E-state index contributed by atoms with van der Waals surface area (Å²) in [5.41, 5.74) is 3.35. The molecule has 82 valence electrons. The van der Waals surface area contributed by atoms with Crippen molar-refractivity contribution in [3.8, 4) is 0 Å². The van der Waals surface area contributed by atoms with Crippen molar-refractivity contribution in [3.63, 3.8) is 0 Å². The molecule has 0 bridgehead atoms. The van der Waals surface area contributed by atoms with Crippen LogP contribution in [-0.4, -0.2) is 23.4 Å². The number of hydrogen-bond acceptors (Lipinski definition) is 2. The number of para-hydroxylation sites is 1. The van der Waals surface area contributed by atoms with Crippen molar-refractivity contribution >= 4 is 23.0 Å². The molecule has 0 aromatic heterocycles. The van der Waals surface area contributed by atoms with Crippen molar-refractivity contribution in [2.45, 2.75) is 13.8 Å². The summed E-state index contributed by atoms with van der Waals surface area (Å²) < 4.78 is 0. The number of nitrogens with one attached hydrogen (secondary N) is 2. The number of thiocarbonyl (C=S) groups is 1. The minimum Gasteiger partial charge on any atom is -0.395 e. The van der Waals surface area contributed by atoms with Crippen LogP contribution >= 0.6 is 12.2 Å². The molecule has 3 nitrogen and oxygen atoms in total. The van der Waals surface area contributed by atoms with Crippen LogP contribution in [0.25, 0.3) is 0 Å². The largest absolute Gasteiger partial charge is 0.395 e. The van der Waals surface area contributed by atoms with Gasteiger partial charge in [0.2, 0.25) is 0 Å². The van der Waals surface area contributed by atoms with Gasteiger partial charge in [-0.3, -0.25) is 0 Å². The second-order valence-corrected chi connectivity index (χ2v) is 3.78. The van der Waals surface area contributed by atoms with Crippen molar-refractivity contribution in [3.05, 3.63) is 29.3 Å². The van der Waals surface area contributed by atoms with Crippen LogP contribution in [0.3, 0.4) is 0 Å². The van der Waals surface area contributed by atoms with Crippen LogP contribution in [0.15, 0.2) is 18.2 Å². The molecular formula is C11H16N2OS. The highest BCUT2D eigenvalue weighted by molar-refractivity contribution is 7.80. The van der Waals surface area contributed by atoms with Gasteiger partial charge in [0, 0.05) is 12.2 Å². The van der Waals surface area contributed by atoms with Gasteiger partial charge in [-0.2, -0.15) is 0 Å². The summed E-state index contributed by atoms with van der Waals surface area (Å²) >= 11 is 5.09. The van der Waals surface area contributed by atoms with Crippen molar-refractivity contribution in [2.24, 2.45) is 0 Å². The number of benzene rings is 1. The SMILES string of the molecule is Cc1cccc(C)c1NC(=S)NCCO. The Kier molecular flexibility index (Phi) is 4.52. The zero-order chi connectivity index (χ0) is 11.3.